The molecule has 0 fully saturated rings. The van der Waals surface area contributed by atoms with Gasteiger partial charge >= 0.3 is 0 Å². The first-order chi connectivity index (χ1) is 10.2. The molecule has 0 aromatic heterocycles. The number of hydrogen-bond donors (Lipinski definition) is 0. The van der Waals surface area contributed by atoms with E-state index in [-0.39, 0.29) is 18.4 Å². The molecule has 0 bridgehead atoms. The van der Waals surface area contributed by atoms with Crippen LogP contribution in [0.15, 0.2) is 72.8 Å². The van der Waals surface area contributed by atoms with Gasteiger partial charge in [0.15, 0.2) is 0 Å². The summed E-state index contributed by atoms with van der Waals surface area (Å²) < 4.78 is 0. The molecule has 0 aliphatic heterocycles. The van der Waals surface area contributed by atoms with Crippen molar-refractivity contribution in [2.24, 2.45) is 0 Å². The minimum atomic E-state index is -0.289. The van der Waals surface area contributed by atoms with Crippen LogP contribution in [-0.4, -0.2) is 23.3 Å². The molecule has 0 N–H and O–H groups in total. The van der Waals surface area contributed by atoms with Gasteiger partial charge in [-0.1, -0.05) is 48.6 Å². The van der Waals surface area contributed by atoms with Crippen molar-refractivity contribution in [2.45, 2.75) is 6.92 Å². The summed E-state index contributed by atoms with van der Waals surface area (Å²) in [5, 5.41) is 0. The monoisotopic (exact) mass is 279 g/mol. The van der Waals surface area contributed by atoms with Crippen LogP contribution in [0.2, 0.25) is 0 Å². The number of nitrogens with zero attached hydrogens (tertiary/aromatic N) is 1. The summed E-state index contributed by atoms with van der Waals surface area (Å²) in [5.41, 5.74) is 1.01. The summed E-state index contributed by atoms with van der Waals surface area (Å²) in [6.07, 6.45) is 3.62. The van der Waals surface area contributed by atoms with E-state index in [1.165, 1.54) is 4.90 Å². The molecule has 2 rings (SSSR count). The highest BCUT2D eigenvalue weighted by atomic mass is 16.2. The summed E-state index contributed by atoms with van der Waals surface area (Å²) in [5.74, 6) is -0.579. The fourth-order valence-electron chi connectivity index (χ4n) is 1.94. The molecular formula is C18H17NO2. The van der Waals surface area contributed by atoms with E-state index in [1.807, 2.05) is 25.1 Å². The van der Waals surface area contributed by atoms with E-state index in [0.29, 0.717) is 11.1 Å². The van der Waals surface area contributed by atoms with Crippen LogP contribution in [-0.2, 0) is 0 Å². The zero-order valence-electron chi connectivity index (χ0n) is 11.9. The van der Waals surface area contributed by atoms with Gasteiger partial charge < -0.3 is 0 Å². The van der Waals surface area contributed by atoms with Crippen molar-refractivity contribution in [3.63, 3.8) is 0 Å². The van der Waals surface area contributed by atoms with Crippen molar-refractivity contribution >= 4 is 11.8 Å². The van der Waals surface area contributed by atoms with Gasteiger partial charge in [-0.25, -0.2) is 0 Å². The van der Waals surface area contributed by atoms with Gasteiger partial charge in [0.25, 0.3) is 11.8 Å². The van der Waals surface area contributed by atoms with Crippen LogP contribution in [0.4, 0.5) is 0 Å². The summed E-state index contributed by atoms with van der Waals surface area (Å²) in [7, 11) is 0. The smallest absolute Gasteiger partial charge is 0.261 e. The maximum atomic E-state index is 12.5. The molecule has 0 saturated heterocycles. The van der Waals surface area contributed by atoms with Crippen molar-refractivity contribution in [1.29, 1.82) is 0 Å². The van der Waals surface area contributed by atoms with E-state index >= 15 is 0 Å². The van der Waals surface area contributed by atoms with Crippen LogP contribution in [0.5, 0.6) is 0 Å². The van der Waals surface area contributed by atoms with E-state index in [2.05, 4.69) is 0 Å². The third-order valence-corrected chi connectivity index (χ3v) is 3.06. The maximum absolute atomic E-state index is 12.5. The predicted molar refractivity (Wildman–Crippen MR) is 83.1 cm³/mol. The van der Waals surface area contributed by atoms with Gasteiger partial charge in [-0.15, -0.1) is 0 Å². The summed E-state index contributed by atoms with van der Waals surface area (Å²) in [4.78, 5) is 26.3. The van der Waals surface area contributed by atoms with Crippen LogP contribution in [0.1, 0.15) is 27.6 Å². The molecule has 0 unspecified atom stereocenters. The second-order valence-electron chi connectivity index (χ2n) is 4.52. The molecular weight excluding hydrogens is 262 g/mol. The standard InChI is InChI=1S/C18H17NO2/c1-2-3-14-19(17(20)15-10-6-4-7-11-15)18(21)16-12-8-5-9-13-16/h2-13H,14H2,1H3. The summed E-state index contributed by atoms with van der Waals surface area (Å²) >= 11 is 0. The predicted octanol–water partition coefficient (Wildman–Crippen LogP) is 3.55. The van der Waals surface area contributed by atoms with Crippen molar-refractivity contribution in [3.05, 3.63) is 83.9 Å². The first-order valence-electron chi connectivity index (χ1n) is 6.81. The van der Waals surface area contributed by atoms with Crippen LogP contribution in [0.3, 0.4) is 0 Å². The first-order valence-corrected chi connectivity index (χ1v) is 6.81. The Morgan fingerprint density at radius 3 is 1.67 bits per heavy atom. The molecule has 21 heavy (non-hydrogen) atoms. The third kappa shape index (κ3) is 3.66. The molecule has 2 aromatic carbocycles. The first kappa shape index (κ1) is 14.7. The number of carbonyl (C=O) groups excluding carboxylic acids is 2. The largest absolute Gasteiger partial charge is 0.271 e. The molecule has 106 valence electrons. The number of carbonyl (C=O) groups is 2. The quantitative estimate of drug-likeness (QED) is 0.634. The van der Waals surface area contributed by atoms with Gasteiger partial charge in [0.2, 0.25) is 0 Å². The average Bonchev–Trinajstić information content (AvgIpc) is 2.56. The summed E-state index contributed by atoms with van der Waals surface area (Å²) in [6, 6.07) is 17.7. The number of allylic oxidation sites excluding steroid dienone is 1. The SMILES string of the molecule is CC=CCN(C(=O)c1ccccc1)C(=O)c1ccccc1. The van der Waals surface area contributed by atoms with Gasteiger partial charge in [-0.2, -0.15) is 0 Å². The average molecular weight is 279 g/mol. The Labute approximate surface area is 124 Å². The molecule has 2 aromatic rings. The minimum absolute atomic E-state index is 0.262. The molecule has 3 heteroatoms. The lowest BCUT2D eigenvalue weighted by Gasteiger charge is -2.19. The van der Waals surface area contributed by atoms with Crippen molar-refractivity contribution in [1.82, 2.24) is 4.90 Å². The van der Waals surface area contributed by atoms with Gasteiger partial charge in [0.05, 0.1) is 0 Å². The second kappa shape index (κ2) is 7.20. The van der Waals surface area contributed by atoms with Crippen LogP contribution in [0.25, 0.3) is 0 Å². The maximum Gasteiger partial charge on any atom is 0.261 e. The topological polar surface area (TPSA) is 37.4 Å². The van der Waals surface area contributed by atoms with Crippen LogP contribution in [0, 0.1) is 0 Å². The number of benzene rings is 2. The lowest BCUT2D eigenvalue weighted by molar-refractivity contribution is 0.0634. The molecule has 0 radical (unpaired) electrons. The molecule has 0 atom stereocenters. The van der Waals surface area contributed by atoms with Gasteiger partial charge in [-0.05, 0) is 31.2 Å². The van der Waals surface area contributed by atoms with E-state index in [4.69, 9.17) is 0 Å². The highest BCUT2D eigenvalue weighted by Gasteiger charge is 2.22. The van der Waals surface area contributed by atoms with Gasteiger partial charge in [-0.3, -0.25) is 14.5 Å². The van der Waals surface area contributed by atoms with E-state index in [9.17, 15) is 9.59 Å². The van der Waals surface area contributed by atoms with Gasteiger partial charge in [0, 0.05) is 17.7 Å². The van der Waals surface area contributed by atoms with Crippen molar-refractivity contribution in [3.8, 4) is 0 Å². The fraction of sp³-hybridized carbons (Fsp3) is 0.111. The van der Waals surface area contributed by atoms with E-state index in [0.717, 1.165) is 0 Å². The minimum Gasteiger partial charge on any atom is -0.271 e. The highest BCUT2D eigenvalue weighted by Crippen LogP contribution is 2.10. The van der Waals surface area contributed by atoms with E-state index in [1.54, 1.807) is 54.6 Å². The van der Waals surface area contributed by atoms with Crippen LogP contribution >= 0.6 is 0 Å². The van der Waals surface area contributed by atoms with E-state index < -0.39 is 0 Å². The normalized spacial score (nSPS) is 10.5. The Morgan fingerprint density at radius 2 is 1.29 bits per heavy atom. The van der Waals surface area contributed by atoms with Gasteiger partial charge in [0.1, 0.15) is 0 Å². The zero-order valence-corrected chi connectivity index (χ0v) is 11.9. The summed E-state index contributed by atoms with van der Waals surface area (Å²) in [6.45, 7) is 2.12. The molecule has 0 heterocycles. The van der Waals surface area contributed by atoms with Crippen molar-refractivity contribution in [2.75, 3.05) is 6.54 Å². The Hall–Kier alpha value is -2.68. The molecule has 0 spiro atoms. The molecule has 0 aliphatic carbocycles. The molecule has 3 nitrogen and oxygen atoms in total. The Morgan fingerprint density at radius 1 is 0.857 bits per heavy atom. The number of hydrogen-bond acceptors (Lipinski definition) is 2. The number of imide groups is 1. The van der Waals surface area contributed by atoms with Crippen molar-refractivity contribution < 1.29 is 9.59 Å². The Kier molecular flexibility index (Phi) is 5.04. The Balaban J connectivity index is 2.30. The highest BCUT2D eigenvalue weighted by molar-refractivity contribution is 6.10. The Bertz CT molecular complexity index is 581. The molecule has 0 saturated carbocycles. The number of rotatable bonds is 4. The fourth-order valence-corrected chi connectivity index (χ4v) is 1.94. The third-order valence-electron chi connectivity index (χ3n) is 3.06. The molecule has 0 aliphatic rings. The van der Waals surface area contributed by atoms with Crippen LogP contribution < -0.4 is 0 Å². The lowest BCUT2D eigenvalue weighted by atomic mass is 10.1. The molecule has 2 amide bonds. The number of amides is 2. The zero-order chi connectivity index (χ0) is 15.1. The second-order valence-corrected chi connectivity index (χ2v) is 4.52. The lowest BCUT2D eigenvalue weighted by Crippen LogP contribution is -2.37.